The first kappa shape index (κ1) is 22.2. The first-order valence-electron chi connectivity index (χ1n) is 9.47. The number of anilines is 1. The number of benzene rings is 1. The summed E-state index contributed by atoms with van der Waals surface area (Å²) in [6.07, 6.45) is 2.89. The zero-order valence-corrected chi connectivity index (χ0v) is 17.8. The van der Waals surface area contributed by atoms with Crippen molar-refractivity contribution in [3.63, 3.8) is 0 Å². The van der Waals surface area contributed by atoms with Crippen LogP contribution in [0.5, 0.6) is 0 Å². The normalized spacial score (nSPS) is 11.3. The van der Waals surface area contributed by atoms with Crippen LogP contribution in [-0.2, 0) is 23.2 Å². The molecule has 0 spiro atoms. The van der Waals surface area contributed by atoms with Crippen LogP contribution in [0.4, 0.5) is 5.69 Å². The first-order chi connectivity index (χ1) is 14.7. The molecule has 0 amide bonds. The number of aromatic amines is 1. The number of aromatic nitrogens is 2. The molecule has 0 unspecified atom stereocenters. The van der Waals surface area contributed by atoms with Crippen molar-refractivity contribution in [1.82, 2.24) is 14.7 Å². The number of hydrogen-bond acceptors (Lipinski definition) is 5. The van der Waals surface area contributed by atoms with Gasteiger partial charge in [0.2, 0.25) is 0 Å². The molecule has 162 valence electrons. The number of carbonyl (C=O) groups is 1. The van der Waals surface area contributed by atoms with Crippen LogP contribution in [0, 0.1) is 6.92 Å². The number of nitrogens with zero attached hydrogens (tertiary/aromatic N) is 1. The highest BCUT2D eigenvalue weighted by molar-refractivity contribution is 7.90. The summed E-state index contributed by atoms with van der Waals surface area (Å²) in [4.78, 5) is 30.5. The number of rotatable bonds is 8. The van der Waals surface area contributed by atoms with Gasteiger partial charge in [-0.15, -0.1) is 0 Å². The van der Waals surface area contributed by atoms with E-state index in [9.17, 15) is 23.1 Å². The van der Waals surface area contributed by atoms with E-state index in [2.05, 4.69) is 19.4 Å². The lowest BCUT2D eigenvalue weighted by Crippen LogP contribution is -2.30. The highest BCUT2D eigenvalue weighted by Crippen LogP contribution is 2.32. The fraction of sp³-hybridized carbons (Fsp3) is 0.190. The Labute approximate surface area is 179 Å². The van der Waals surface area contributed by atoms with Crippen molar-refractivity contribution >= 4 is 21.9 Å². The fourth-order valence-electron chi connectivity index (χ4n) is 3.09. The largest absolute Gasteiger partial charge is 0.478 e. The third-order valence-electron chi connectivity index (χ3n) is 4.71. The molecule has 9 nitrogen and oxygen atoms in total. The van der Waals surface area contributed by atoms with Crippen LogP contribution < -0.4 is 15.0 Å². The maximum Gasteiger partial charge on any atom is 0.339 e. The van der Waals surface area contributed by atoms with Crippen molar-refractivity contribution in [3.05, 3.63) is 81.5 Å². The second kappa shape index (κ2) is 9.11. The molecule has 0 atom stereocenters. The molecule has 0 saturated heterocycles. The van der Waals surface area contributed by atoms with E-state index in [0.717, 1.165) is 11.8 Å². The minimum atomic E-state index is -4.12. The van der Waals surface area contributed by atoms with Gasteiger partial charge in [-0.05, 0) is 25.0 Å². The molecule has 3 aromatic rings. The first-order valence-corrected chi connectivity index (χ1v) is 11.0. The lowest BCUT2D eigenvalue weighted by molar-refractivity contribution is 0.0697. The van der Waals surface area contributed by atoms with Crippen LogP contribution in [0.15, 0.2) is 53.6 Å². The molecule has 10 heteroatoms. The van der Waals surface area contributed by atoms with Crippen LogP contribution in [0.25, 0.3) is 11.1 Å². The predicted molar refractivity (Wildman–Crippen MR) is 117 cm³/mol. The van der Waals surface area contributed by atoms with Gasteiger partial charge in [0, 0.05) is 41.3 Å². The topological polar surface area (TPSA) is 141 Å². The molecule has 3 rings (SSSR count). The summed E-state index contributed by atoms with van der Waals surface area (Å²) >= 11 is 0. The Morgan fingerprint density at radius 2 is 1.87 bits per heavy atom. The molecule has 0 aliphatic heterocycles. The quantitative estimate of drug-likeness (QED) is 0.422. The van der Waals surface area contributed by atoms with Gasteiger partial charge in [0.05, 0.1) is 5.69 Å². The van der Waals surface area contributed by atoms with E-state index in [1.54, 1.807) is 37.3 Å². The number of H-pyrrole nitrogens is 1. The van der Waals surface area contributed by atoms with E-state index in [4.69, 9.17) is 0 Å². The van der Waals surface area contributed by atoms with Gasteiger partial charge in [0.15, 0.2) is 0 Å². The van der Waals surface area contributed by atoms with Gasteiger partial charge in [0.1, 0.15) is 5.56 Å². The average molecular weight is 442 g/mol. The van der Waals surface area contributed by atoms with Crippen LogP contribution in [0.2, 0.25) is 0 Å². The molecule has 0 radical (unpaired) electrons. The van der Waals surface area contributed by atoms with E-state index in [1.807, 2.05) is 13.0 Å². The van der Waals surface area contributed by atoms with E-state index in [-0.39, 0.29) is 28.9 Å². The summed E-state index contributed by atoms with van der Waals surface area (Å²) < 4.78 is 30.1. The van der Waals surface area contributed by atoms with Crippen LogP contribution in [-0.4, -0.2) is 29.5 Å². The van der Waals surface area contributed by atoms with Gasteiger partial charge in [0.25, 0.3) is 15.8 Å². The molecule has 0 fully saturated rings. The minimum Gasteiger partial charge on any atom is -0.478 e. The summed E-state index contributed by atoms with van der Waals surface area (Å²) in [5.41, 5.74) is 1.71. The van der Waals surface area contributed by atoms with Crippen molar-refractivity contribution in [2.75, 3.05) is 4.72 Å². The third kappa shape index (κ3) is 5.16. The second-order valence-corrected chi connectivity index (χ2v) is 8.34. The van der Waals surface area contributed by atoms with E-state index < -0.39 is 16.2 Å². The lowest BCUT2D eigenvalue weighted by atomic mass is 10.00. The SMILES string of the molecule is CCc1cc(-c2cncc(C(=O)O)c2NS(=O)(=O)NCc2ccccc2)c(C)[nH]c1=O. The van der Waals surface area contributed by atoms with E-state index in [0.29, 0.717) is 23.2 Å². The van der Waals surface area contributed by atoms with Gasteiger partial charge >= 0.3 is 5.97 Å². The van der Waals surface area contributed by atoms with Crippen LogP contribution >= 0.6 is 0 Å². The zero-order chi connectivity index (χ0) is 22.6. The zero-order valence-electron chi connectivity index (χ0n) is 17.0. The number of pyridine rings is 2. The summed E-state index contributed by atoms with van der Waals surface area (Å²) in [6, 6.07) is 10.5. The molecule has 2 aromatic heterocycles. The molecule has 2 heterocycles. The van der Waals surface area contributed by atoms with Crippen molar-refractivity contribution in [3.8, 4) is 11.1 Å². The molecule has 0 aliphatic rings. The summed E-state index contributed by atoms with van der Waals surface area (Å²) in [7, 11) is -4.12. The van der Waals surface area contributed by atoms with Crippen molar-refractivity contribution in [1.29, 1.82) is 0 Å². The van der Waals surface area contributed by atoms with Crippen molar-refractivity contribution < 1.29 is 18.3 Å². The number of hydrogen-bond donors (Lipinski definition) is 4. The second-order valence-electron chi connectivity index (χ2n) is 6.84. The van der Waals surface area contributed by atoms with E-state index in [1.165, 1.54) is 6.20 Å². The molecule has 4 N–H and O–H groups in total. The fourth-order valence-corrected chi connectivity index (χ4v) is 4.01. The predicted octanol–water partition coefficient (Wildman–Crippen LogP) is 2.45. The van der Waals surface area contributed by atoms with E-state index >= 15 is 0 Å². The average Bonchev–Trinajstić information content (AvgIpc) is 2.73. The Bertz CT molecular complexity index is 1270. The van der Waals surface area contributed by atoms with Gasteiger partial charge in [-0.3, -0.25) is 14.5 Å². The van der Waals surface area contributed by atoms with Crippen LogP contribution in [0.1, 0.15) is 34.1 Å². The Morgan fingerprint density at radius 1 is 1.16 bits per heavy atom. The molecule has 0 aliphatic carbocycles. The molecular formula is C21H22N4O5S. The molecule has 0 bridgehead atoms. The minimum absolute atomic E-state index is 0.0245. The molecular weight excluding hydrogens is 420 g/mol. The van der Waals surface area contributed by atoms with Crippen molar-refractivity contribution in [2.24, 2.45) is 0 Å². The summed E-state index contributed by atoms with van der Waals surface area (Å²) in [5.74, 6) is -1.34. The van der Waals surface area contributed by atoms with Crippen LogP contribution in [0.3, 0.4) is 0 Å². The van der Waals surface area contributed by atoms with Gasteiger partial charge < -0.3 is 10.1 Å². The highest BCUT2D eigenvalue weighted by Gasteiger charge is 2.22. The maximum absolute atomic E-state index is 12.7. The molecule has 0 saturated carbocycles. The number of carboxylic acids is 1. The smallest absolute Gasteiger partial charge is 0.339 e. The molecule has 1 aromatic carbocycles. The monoisotopic (exact) mass is 442 g/mol. The van der Waals surface area contributed by atoms with Gasteiger partial charge in [-0.25, -0.2) is 4.79 Å². The Morgan fingerprint density at radius 3 is 2.52 bits per heavy atom. The standard InChI is InChI=1S/C21H22N4O5S/c1-3-15-9-16(13(2)24-20(15)26)17-11-22-12-18(21(27)28)19(17)25-31(29,30)23-10-14-7-5-4-6-8-14/h4-9,11-12,23H,3,10H2,1-2H3,(H,22,25)(H,24,26)(H,27,28). The highest BCUT2D eigenvalue weighted by atomic mass is 32.2. The Balaban J connectivity index is 2.05. The Kier molecular flexibility index (Phi) is 6.52. The number of aryl methyl sites for hydroxylation is 2. The van der Waals surface area contributed by atoms with Crippen molar-refractivity contribution in [2.45, 2.75) is 26.8 Å². The van der Waals surface area contributed by atoms with Gasteiger partial charge in [-0.1, -0.05) is 37.3 Å². The molecule has 31 heavy (non-hydrogen) atoms. The summed E-state index contributed by atoms with van der Waals surface area (Å²) in [5, 5.41) is 9.60. The van der Waals surface area contributed by atoms with Gasteiger partial charge in [-0.2, -0.15) is 13.1 Å². The number of nitrogens with one attached hydrogen (secondary N) is 3. The number of carboxylic acid groups (broad SMARTS) is 1. The maximum atomic E-state index is 12.7. The Hall–Kier alpha value is -3.50. The number of aromatic carboxylic acids is 1. The lowest BCUT2D eigenvalue weighted by Gasteiger charge is -2.17. The summed E-state index contributed by atoms with van der Waals surface area (Å²) in [6.45, 7) is 3.49. The third-order valence-corrected chi connectivity index (χ3v) is 5.71.